The summed E-state index contributed by atoms with van der Waals surface area (Å²) in [6, 6.07) is 0. The van der Waals surface area contributed by atoms with E-state index in [1.807, 2.05) is 6.20 Å². The molecular weight excluding hydrogens is 400 g/mol. The number of aliphatic hydroxyl groups excluding tert-OH is 2. The number of hydrogen-bond donors (Lipinski definition) is 3. The van der Waals surface area contributed by atoms with E-state index in [9.17, 15) is 15.0 Å². The summed E-state index contributed by atoms with van der Waals surface area (Å²) in [6.45, 7) is 9.80. The van der Waals surface area contributed by atoms with Crippen molar-refractivity contribution in [1.82, 2.24) is 19.8 Å². The highest BCUT2D eigenvalue weighted by Gasteiger charge is 2.30. The number of H-pyrrole nitrogens is 1. The maximum Gasteiger partial charge on any atom is 0.219 e. The Morgan fingerprint density at radius 2 is 2.13 bits per heavy atom. The molecule has 1 aliphatic rings. The van der Waals surface area contributed by atoms with Gasteiger partial charge in [0, 0.05) is 58.2 Å². The average Bonchev–Trinajstić information content (AvgIpc) is 3.23. The van der Waals surface area contributed by atoms with Gasteiger partial charge in [-0.1, -0.05) is 13.8 Å². The predicted octanol–water partition coefficient (Wildman–Crippen LogP) is 1.02. The van der Waals surface area contributed by atoms with Crippen molar-refractivity contribution in [3.05, 3.63) is 18.2 Å². The number of ether oxygens (including phenoxy) is 2. The fraction of sp³-hybridized carbons (Fsp3) is 0.818. The maximum absolute atomic E-state index is 12.3. The number of amides is 1. The third kappa shape index (κ3) is 9.65. The molecule has 1 aromatic heterocycles. The summed E-state index contributed by atoms with van der Waals surface area (Å²) in [5.41, 5.74) is 1.03. The molecule has 9 nitrogen and oxygen atoms in total. The SMILES string of the molecule is CC(=O)N1CCN(Cc2cnc[nH]2)CCCCOC[C@@H](O)[C@@H](O)[C@H](OCCC(C)C)C1. The number of rotatable bonds is 6. The lowest BCUT2D eigenvalue weighted by molar-refractivity contribution is -0.140. The van der Waals surface area contributed by atoms with Crippen molar-refractivity contribution in [3.8, 4) is 0 Å². The zero-order valence-electron chi connectivity index (χ0n) is 19.2. The standard InChI is InChI=1S/C22H40N4O5/c1-17(2)6-11-31-21-14-26(18(3)27)9-8-25(13-19-12-23-16-24-19)7-4-5-10-30-15-20(28)22(21)29/h12,16-17,20-22,28-29H,4-11,13-15H2,1-3H3,(H,23,24)/t20-,21-,22-/m1/s1. The minimum Gasteiger partial charge on any atom is -0.388 e. The normalized spacial score (nSPS) is 25.5. The minimum atomic E-state index is -1.13. The van der Waals surface area contributed by atoms with E-state index in [4.69, 9.17) is 9.47 Å². The highest BCUT2D eigenvalue weighted by Crippen LogP contribution is 2.13. The van der Waals surface area contributed by atoms with E-state index in [1.54, 1.807) is 11.2 Å². The van der Waals surface area contributed by atoms with Crippen molar-refractivity contribution >= 4 is 5.91 Å². The van der Waals surface area contributed by atoms with Crippen LogP contribution in [-0.4, -0.2) is 100 Å². The van der Waals surface area contributed by atoms with Crippen molar-refractivity contribution in [1.29, 1.82) is 0 Å². The molecule has 31 heavy (non-hydrogen) atoms. The molecule has 1 aliphatic heterocycles. The molecule has 3 N–H and O–H groups in total. The lowest BCUT2D eigenvalue weighted by Crippen LogP contribution is -2.50. The van der Waals surface area contributed by atoms with Gasteiger partial charge >= 0.3 is 0 Å². The largest absolute Gasteiger partial charge is 0.388 e. The lowest BCUT2D eigenvalue weighted by atomic mass is 10.1. The molecule has 178 valence electrons. The van der Waals surface area contributed by atoms with Crippen LogP contribution in [0.1, 0.15) is 45.7 Å². The van der Waals surface area contributed by atoms with Crippen LogP contribution in [0.25, 0.3) is 0 Å². The Balaban J connectivity index is 2.09. The van der Waals surface area contributed by atoms with Gasteiger partial charge in [-0.3, -0.25) is 9.69 Å². The molecule has 1 saturated heterocycles. The lowest BCUT2D eigenvalue weighted by Gasteiger charge is -2.33. The minimum absolute atomic E-state index is 0.0448. The Morgan fingerprint density at radius 1 is 1.32 bits per heavy atom. The van der Waals surface area contributed by atoms with Crippen LogP contribution in [-0.2, 0) is 20.8 Å². The maximum atomic E-state index is 12.3. The van der Waals surface area contributed by atoms with Gasteiger partial charge in [-0.2, -0.15) is 0 Å². The third-order valence-corrected chi connectivity index (χ3v) is 5.58. The number of aliphatic hydroxyl groups is 2. The number of imidazole rings is 1. The molecule has 1 aromatic rings. The number of nitrogens with one attached hydrogen (secondary N) is 1. The second-order valence-corrected chi connectivity index (χ2v) is 8.75. The van der Waals surface area contributed by atoms with Gasteiger partial charge in [-0.15, -0.1) is 0 Å². The third-order valence-electron chi connectivity index (χ3n) is 5.58. The van der Waals surface area contributed by atoms with Crippen molar-refractivity contribution in [2.24, 2.45) is 5.92 Å². The highest BCUT2D eigenvalue weighted by atomic mass is 16.5. The summed E-state index contributed by atoms with van der Waals surface area (Å²) >= 11 is 0. The first-order valence-corrected chi connectivity index (χ1v) is 11.4. The van der Waals surface area contributed by atoms with Gasteiger partial charge in [-0.25, -0.2) is 4.98 Å². The molecule has 0 unspecified atom stereocenters. The Labute approximate surface area is 185 Å². The van der Waals surface area contributed by atoms with E-state index < -0.39 is 18.3 Å². The Kier molecular flexibility index (Phi) is 11.5. The van der Waals surface area contributed by atoms with E-state index in [-0.39, 0.29) is 19.1 Å². The first-order chi connectivity index (χ1) is 14.9. The number of carbonyl (C=O) groups excluding carboxylic acids is 1. The first-order valence-electron chi connectivity index (χ1n) is 11.4. The summed E-state index contributed by atoms with van der Waals surface area (Å²) in [7, 11) is 0. The summed E-state index contributed by atoms with van der Waals surface area (Å²) in [5, 5.41) is 21.1. The van der Waals surface area contributed by atoms with Gasteiger partial charge in [-0.05, 0) is 31.7 Å². The van der Waals surface area contributed by atoms with Crippen LogP contribution in [0.5, 0.6) is 0 Å². The van der Waals surface area contributed by atoms with Gasteiger partial charge in [0.05, 0.1) is 12.9 Å². The topological polar surface area (TPSA) is 111 Å². The Hall–Kier alpha value is -1.52. The van der Waals surface area contributed by atoms with Crippen molar-refractivity contribution in [2.45, 2.75) is 64.9 Å². The monoisotopic (exact) mass is 440 g/mol. The van der Waals surface area contributed by atoms with Crippen LogP contribution in [0.4, 0.5) is 0 Å². The molecule has 0 bridgehead atoms. The summed E-state index contributed by atoms with van der Waals surface area (Å²) in [5.74, 6) is 0.382. The van der Waals surface area contributed by atoms with Gasteiger partial charge in [0.15, 0.2) is 0 Å². The van der Waals surface area contributed by atoms with E-state index in [0.29, 0.717) is 32.2 Å². The van der Waals surface area contributed by atoms with Gasteiger partial charge in [0.25, 0.3) is 0 Å². The second-order valence-electron chi connectivity index (χ2n) is 8.75. The molecule has 1 fully saturated rings. The van der Waals surface area contributed by atoms with E-state index in [1.165, 1.54) is 6.92 Å². The molecule has 2 heterocycles. The summed E-state index contributed by atoms with van der Waals surface area (Å²) < 4.78 is 11.5. The van der Waals surface area contributed by atoms with Crippen LogP contribution < -0.4 is 0 Å². The number of carbonyl (C=O) groups is 1. The van der Waals surface area contributed by atoms with Crippen molar-refractivity contribution < 1.29 is 24.5 Å². The Bertz CT molecular complexity index is 613. The van der Waals surface area contributed by atoms with Crippen LogP contribution in [0.3, 0.4) is 0 Å². The molecule has 0 saturated carbocycles. The highest BCUT2D eigenvalue weighted by molar-refractivity contribution is 5.73. The number of hydrogen-bond acceptors (Lipinski definition) is 7. The van der Waals surface area contributed by atoms with Crippen molar-refractivity contribution in [3.63, 3.8) is 0 Å². The molecule has 0 spiro atoms. The molecular formula is C22H40N4O5. The van der Waals surface area contributed by atoms with Crippen LogP contribution >= 0.6 is 0 Å². The number of aromatic amines is 1. The summed E-state index contributed by atoms with van der Waals surface area (Å²) in [4.78, 5) is 23.6. The fourth-order valence-electron chi connectivity index (χ4n) is 3.54. The zero-order chi connectivity index (χ0) is 22.6. The molecule has 0 aromatic carbocycles. The predicted molar refractivity (Wildman–Crippen MR) is 117 cm³/mol. The average molecular weight is 441 g/mol. The van der Waals surface area contributed by atoms with Gasteiger partial charge in [0.2, 0.25) is 5.91 Å². The van der Waals surface area contributed by atoms with E-state index >= 15 is 0 Å². The summed E-state index contributed by atoms with van der Waals surface area (Å²) in [6.07, 6.45) is 3.25. The second kappa shape index (κ2) is 13.8. The number of nitrogens with zero attached hydrogens (tertiary/aromatic N) is 3. The van der Waals surface area contributed by atoms with Crippen LogP contribution in [0, 0.1) is 5.92 Å². The van der Waals surface area contributed by atoms with Crippen molar-refractivity contribution in [2.75, 3.05) is 46.0 Å². The van der Waals surface area contributed by atoms with E-state index in [2.05, 4.69) is 28.7 Å². The Morgan fingerprint density at radius 3 is 2.81 bits per heavy atom. The molecule has 0 radical (unpaired) electrons. The smallest absolute Gasteiger partial charge is 0.219 e. The molecule has 3 atom stereocenters. The van der Waals surface area contributed by atoms with Gasteiger partial charge < -0.3 is 29.6 Å². The molecule has 1 amide bonds. The van der Waals surface area contributed by atoms with E-state index in [0.717, 1.165) is 38.0 Å². The zero-order valence-corrected chi connectivity index (χ0v) is 19.2. The quantitative estimate of drug-likeness (QED) is 0.606. The molecule has 9 heteroatoms. The van der Waals surface area contributed by atoms with Crippen LogP contribution in [0.15, 0.2) is 12.5 Å². The van der Waals surface area contributed by atoms with Gasteiger partial charge in [0.1, 0.15) is 18.3 Å². The number of aromatic nitrogens is 2. The fourth-order valence-corrected chi connectivity index (χ4v) is 3.54. The molecule has 2 rings (SSSR count). The molecule has 0 aliphatic carbocycles. The first kappa shape index (κ1) is 25.7. The van der Waals surface area contributed by atoms with Crippen LogP contribution in [0.2, 0.25) is 0 Å².